The lowest BCUT2D eigenvalue weighted by Crippen LogP contribution is -2.49. The van der Waals surface area contributed by atoms with Crippen molar-refractivity contribution in [2.75, 3.05) is 40.3 Å². The van der Waals surface area contributed by atoms with Gasteiger partial charge in [0.2, 0.25) is 0 Å². The van der Waals surface area contributed by atoms with Crippen molar-refractivity contribution in [3.63, 3.8) is 0 Å². The third-order valence-corrected chi connectivity index (χ3v) is 4.37. The molecule has 0 aromatic heterocycles. The molecule has 1 N–H and O–H groups in total. The number of amides is 2. The second-order valence-corrected chi connectivity index (χ2v) is 6.19. The molecule has 6 nitrogen and oxygen atoms in total. The van der Waals surface area contributed by atoms with E-state index in [2.05, 4.69) is 11.9 Å². The van der Waals surface area contributed by atoms with Crippen LogP contribution in [0.4, 0.5) is 4.79 Å². The molecule has 1 heterocycles. The van der Waals surface area contributed by atoms with Crippen LogP contribution >= 0.6 is 0 Å². The van der Waals surface area contributed by atoms with Crippen LogP contribution in [0.25, 0.3) is 0 Å². The average molecular weight is 299 g/mol. The lowest BCUT2D eigenvalue weighted by Gasteiger charge is -2.35. The van der Waals surface area contributed by atoms with Crippen LogP contribution in [0.5, 0.6) is 0 Å². The lowest BCUT2D eigenvalue weighted by molar-refractivity contribution is -0.138. The third-order valence-electron chi connectivity index (χ3n) is 4.37. The molecule has 1 rings (SSSR count). The van der Waals surface area contributed by atoms with Crippen molar-refractivity contribution in [1.82, 2.24) is 14.7 Å². The van der Waals surface area contributed by atoms with Gasteiger partial charge in [-0.2, -0.15) is 0 Å². The summed E-state index contributed by atoms with van der Waals surface area (Å²) in [6, 6.07) is -0.237. The second kappa shape index (κ2) is 8.22. The van der Waals surface area contributed by atoms with E-state index in [0.717, 1.165) is 32.4 Å². The monoisotopic (exact) mass is 299 g/mol. The Bertz CT molecular complexity index is 354. The fraction of sp³-hybridized carbons (Fsp3) is 0.867. The largest absolute Gasteiger partial charge is 0.480 e. The maximum Gasteiger partial charge on any atom is 0.323 e. The van der Waals surface area contributed by atoms with Crippen LogP contribution in [0.1, 0.15) is 33.1 Å². The lowest BCUT2D eigenvalue weighted by atomic mass is 9.97. The van der Waals surface area contributed by atoms with Gasteiger partial charge in [0.25, 0.3) is 0 Å². The molecule has 0 saturated carbocycles. The summed E-state index contributed by atoms with van der Waals surface area (Å²) in [5.41, 5.74) is 0. The number of nitrogens with zero attached hydrogens (tertiary/aromatic N) is 3. The average Bonchev–Trinajstić information content (AvgIpc) is 2.45. The number of carbonyl (C=O) groups is 2. The number of piperidine rings is 1. The number of carboxylic acid groups (broad SMARTS) is 1. The Labute approximate surface area is 127 Å². The van der Waals surface area contributed by atoms with Crippen LogP contribution in [0.15, 0.2) is 0 Å². The molecule has 0 bridgehead atoms. The van der Waals surface area contributed by atoms with E-state index in [1.165, 1.54) is 4.90 Å². The van der Waals surface area contributed by atoms with E-state index in [-0.39, 0.29) is 18.6 Å². The van der Waals surface area contributed by atoms with Crippen LogP contribution in [0, 0.1) is 5.92 Å². The molecule has 122 valence electrons. The molecule has 1 aliphatic heterocycles. The SMILES string of the molecule is CCC(C)N(CC(=O)O)C(=O)N(C)CC1CCN(C)CC1. The fourth-order valence-electron chi connectivity index (χ4n) is 2.71. The minimum absolute atomic E-state index is 0.0615. The van der Waals surface area contributed by atoms with Crippen LogP contribution in [-0.2, 0) is 4.79 Å². The number of aliphatic carboxylic acids is 1. The van der Waals surface area contributed by atoms with Gasteiger partial charge in [0.15, 0.2) is 0 Å². The van der Waals surface area contributed by atoms with Crippen molar-refractivity contribution in [2.45, 2.75) is 39.2 Å². The van der Waals surface area contributed by atoms with Gasteiger partial charge in [-0.3, -0.25) is 4.79 Å². The third kappa shape index (κ3) is 5.53. The summed E-state index contributed by atoms with van der Waals surface area (Å²) in [6.07, 6.45) is 2.94. The normalized spacial score (nSPS) is 18.3. The zero-order valence-corrected chi connectivity index (χ0v) is 13.7. The quantitative estimate of drug-likeness (QED) is 0.808. The number of rotatable bonds is 6. The minimum Gasteiger partial charge on any atom is -0.480 e. The zero-order valence-electron chi connectivity index (χ0n) is 13.7. The van der Waals surface area contributed by atoms with Gasteiger partial charge in [0.1, 0.15) is 6.54 Å². The summed E-state index contributed by atoms with van der Waals surface area (Å²) in [6.45, 7) is 6.46. The topological polar surface area (TPSA) is 64.1 Å². The van der Waals surface area contributed by atoms with Gasteiger partial charge in [-0.25, -0.2) is 4.79 Å². The first-order chi connectivity index (χ1) is 9.85. The molecular weight excluding hydrogens is 270 g/mol. The minimum atomic E-state index is -0.962. The highest BCUT2D eigenvalue weighted by Crippen LogP contribution is 2.18. The Morgan fingerprint density at radius 3 is 2.38 bits per heavy atom. The summed E-state index contributed by atoms with van der Waals surface area (Å²) in [5.74, 6) is -0.449. The number of carboxylic acids is 1. The molecule has 6 heteroatoms. The number of hydrogen-bond donors (Lipinski definition) is 1. The Morgan fingerprint density at radius 1 is 1.33 bits per heavy atom. The maximum absolute atomic E-state index is 12.5. The van der Waals surface area contributed by atoms with Crippen molar-refractivity contribution < 1.29 is 14.7 Å². The first-order valence-electron chi connectivity index (χ1n) is 7.77. The molecule has 1 saturated heterocycles. The Kier molecular flexibility index (Phi) is 6.95. The standard InChI is InChI=1S/C15H29N3O3/c1-5-12(2)18(11-14(19)20)15(21)17(4)10-13-6-8-16(3)9-7-13/h12-13H,5-11H2,1-4H3,(H,19,20). The predicted molar refractivity (Wildman–Crippen MR) is 82.3 cm³/mol. The maximum atomic E-state index is 12.5. The molecule has 0 aromatic carbocycles. The van der Waals surface area contributed by atoms with E-state index in [0.29, 0.717) is 12.5 Å². The molecule has 1 fully saturated rings. The van der Waals surface area contributed by atoms with E-state index >= 15 is 0 Å². The van der Waals surface area contributed by atoms with E-state index in [1.807, 2.05) is 13.8 Å². The first kappa shape index (κ1) is 17.8. The van der Waals surface area contributed by atoms with E-state index < -0.39 is 5.97 Å². The van der Waals surface area contributed by atoms with Crippen molar-refractivity contribution in [1.29, 1.82) is 0 Å². The molecule has 0 aromatic rings. The van der Waals surface area contributed by atoms with Crippen molar-refractivity contribution in [3.05, 3.63) is 0 Å². The smallest absolute Gasteiger partial charge is 0.323 e. The van der Waals surface area contributed by atoms with E-state index in [4.69, 9.17) is 5.11 Å². The molecular formula is C15H29N3O3. The van der Waals surface area contributed by atoms with E-state index in [1.54, 1.807) is 11.9 Å². The molecule has 0 spiro atoms. The number of urea groups is 1. The van der Waals surface area contributed by atoms with Gasteiger partial charge in [0.05, 0.1) is 0 Å². The van der Waals surface area contributed by atoms with Crippen molar-refractivity contribution >= 4 is 12.0 Å². The summed E-state index contributed by atoms with van der Waals surface area (Å²) >= 11 is 0. The summed E-state index contributed by atoms with van der Waals surface area (Å²) < 4.78 is 0. The van der Waals surface area contributed by atoms with Crippen LogP contribution in [0.2, 0.25) is 0 Å². The van der Waals surface area contributed by atoms with Gasteiger partial charge in [-0.1, -0.05) is 6.92 Å². The Balaban J connectivity index is 2.58. The van der Waals surface area contributed by atoms with E-state index in [9.17, 15) is 9.59 Å². The molecule has 0 radical (unpaired) electrons. The first-order valence-corrected chi connectivity index (χ1v) is 7.77. The van der Waals surface area contributed by atoms with Crippen LogP contribution < -0.4 is 0 Å². The molecule has 21 heavy (non-hydrogen) atoms. The Hall–Kier alpha value is -1.30. The fourth-order valence-corrected chi connectivity index (χ4v) is 2.71. The number of carbonyl (C=O) groups excluding carboxylic acids is 1. The molecule has 1 aliphatic rings. The highest BCUT2D eigenvalue weighted by molar-refractivity contribution is 5.80. The van der Waals surface area contributed by atoms with Crippen LogP contribution in [0.3, 0.4) is 0 Å². The Morgan fingerprint density at radius 2 is 1.90 bits per heavy atom. The molecule has 2 amide bonds. The van der Waals surface area contributed by atoms with Gasteiger partial charge in [-0.15, -0.1) is 0 Å². The van der Waals surface area contributed by atoms with Crippen molar-refractivity contribution in [2.24, 2.45) is 5.92 Å². The predicted octanol–water partition coefficient (Wildman–Crippen LogP) is 1.57. The molecule has 0 aliphatic carbocycles. The molecule has 1 unspecified atom stereocenters. The number of likely N-dealkylation sites (tertiary alicyclic amines) is 1. The highest BCUT2D eigenvalue weighted by atomic mass is 16.4. The summed E-state index contributed by atoms with van der Waals surface area (Å²) in [5, 5.41) is 8.99. The zero-order chi connectivity index (χ0) is 16.0. The van der Waals surface area contributed by atoms with Crippen LogP contribution in [-0.4, -0.2) is 78.1 Å². The summed E-state index contributed by atoms with van der Waals surface area (Å²) in [7, 11) is 3.89. The van der Waals surface area contributed by atoms with Gasteiger partial charge in [0, 0.05) is 19.6 Å². The number of hydrogen-bond acceptors (Lipinski definition) is 3. The second-order valence-electron chi connectivity index (χ2n) is 6.19. The molecule has 1 atom stereocenters. The van der Waals surface area contributed by atoms with Crippen molar-refractivity contribution in [3.8, 4) is 0 Å². The van der Waals surface area contributed by atoms with Gasteiger partial charge in [-0.05, 0) is 52.2 Å². The highest BCUT2D eigenvalue weighted by Gasteiger charge is 2.27. The van der Waals surface area contributed by atoms with Gasteiger partial charge >= 0.3 is 12.0 Å². The van der Waals surface area contributed by atoms with Gasteiger partial charge < -0.3 is 19.8 Å². The summed E-state index contributed by atoms with van der Waals surface area (Å²) in [4.78, 5) is 28.9.